The Hall–Kier alpha value is -10.7. The summed E-state index contributed by atoms with van der Waals surface area (Å²) in [6.07, 6.45) is 13.7. The molecule has 0 saturated heterocycles. The van der Waals surface area contributed by atoms with Gasteiger partial charge < -0.3 is 17.7 Å². The average molecular weight is 1170 g/mol. The highest BCUT2D eigenvalue weighted by molar-refractivity contribution is 6.13. The second-order valence-corrected chi connectivity index (χ2v) is 23.4. The molecule has 0 aliphatic rings. The smallest absolute Gasteiger partial charge is 0.216 e. The van der Waals surface area contributed by atoms with Gasteiger partial charge in [0.2, 0.25) is 22.8 Å². The predicted octanol–water partition coefficient (Wildman–Crippen LogP) is 16.7. The number of hydrogen-bond acceptors (Lipinski definition) is 8. The van der Waals surface area contributed by atoms with Crippen LogP contribution in [0.5, 0.6) is 0 Å². The Morgan fingerprint density at radius 2 is 0.618 bits per heavy atom. The highest BCUT2D eigenvalue weighted by Crippen LogP contribution is 2.41. The molecule has 12 nitrogen and oxygen atoms in total. The molecular formula is C77H70N8O4+4. The second-order valence-electron chi connectivity index (χ2n) is 23.4. The maximum atomic E-state index is 6.28. The largest absolute Gasteiger partial charge is 0.454 e. The van der Waals surface area contributed by atoms with Crippen molar-refractivity contribution in [2.45, 2.75) is 62.3 Å². The minimum atomic E-state index is 0.839. The molecule has 0 aliphatic carbocycles. The molecular weight excluding hydrogens is 1100 g/mol. The van der Waals surface area contributed by atoms with E-state index in [1.165, 1.54) is 22.3 Å². The first kappa shape index (κ1) is 57.4. The number of fused-ring (bicyclic) bond motifs is 12. The standard InChI is InChI=1S/C20H19N2O.3C19H17N2O/c1-12-8-9-15-16-11-13(2)21-14(3)19(16)23-20(15)18(12)17-7-5-6-10-22(17)4;1-12-7-8-14-15-9-10-20-13(2)18(15)22-19(14)17(12)16-6-4-5-11-21(16)3;2*1-12-7-8-14-15-10-13(2)20-11-17(15)22-19(14)18(12)16-6-4-5-9-21(16)3/h5-11H,1-4H3;3*4-11H,1-3H3/q4*+1. The zero-order valence-corrected chi connectivity index (χ0v) is 52.6. The molecule has 12 heterocycles. The van der Waals surface area contributed by atoms with Crippen LogP contribution < -0.4 is 18.3 Å². The van der Waals surface area contributed by atoms with E-state index in [0.717, 1.165) is 161 Å². The SMILES string of the molecule is Cc1cc2c(cn1)oc1c(-c3cccc[n+]3C)c(C)ccc12.Cc1cc2c(cn1)oc1c(-c3cccc[n+]3C)c(C)ccc12.Cc1cc2c(oc3c(-c4cccc[n+]4C)c(C)ccc32)c(C)n1.Cc1ccc2c(oc3c(C)nccc32)c1-c1cccc[n+]1C. The molecule has 12 heteroatoms. The first-order valence-corrected chi connectivity index (χ1v) is 30.0. The van der Waals surface area contributed by atoms with Gasteiger partial charge in [0, 0.05) is 115 Å². The zero-order chi connectivity index (χ0) is 61.9. The van der Waals surface area contributed by atoms with Crippen LogP contribution in [0.4, 0.5) is 0 Å². The van der Waals surface area contributed by atoms with E-state index in [2.05, 4.69) is 234 Å². The molecule has 0 spiro atoms. The van der Waals surface area contributed by atoms with Crippen LogP contribution in [0.3, 0.4) is 0 Å². The molecule has 16 rings (SSSR count). The van der Waals surface area contributed by atoms with Crippen LogP contribution >= 0.6 is 0 Å². The Kier molecular flexibility index (Phi) is 14.9. The van der Waals surface area contributed by atoms with Gasteiger partial charge in [-0.05, 0) is 133 Å². The third kappa shape index (κ3) is 10.4. The van der Waals surface area contributed by atoms with Gasteiger partial charge in [-0.3, -0.25) is 19.9 Å². The number of furan rings is 4. The normalized spacial score (nSPS) is 11.4. The fraction of sp³-hybridized carbons (Fsp3) is 0.169. The van der Waals surface area contributed by atoms with E-state index in [9.17, 15) is 0 Å². The highest BCUT2D eigenvalue weighted by Gasteiger charge is 2.25. The van der Waals surface area contributed by atoms with Crippen molar-refractivity contribution in [2.75, 3.05) is 0 Å². The Bertz CT molecular complexity index is 5270. The molecule has 0 fully saturated rings. The summed E-state index contributed by atoms with van der Waals surface area (Å²) in [6.45, 7) is 18.5. The zero-order valence-electron chi connectivity index (χ0n) is 52.6. The summed E-state index contributed by atoms with van der Waals surface area (Å²) in [5.41, 5.74) is 26.1. The summed E-state index contributed by atoms with van der Waals surface area (Å²) in [5.74, 6) is 0. The summed E-state index contributed by atoms with van der Waals surface area (Å²) in [7, 11) is 8.24. The average Bonchev–Trinajstić information content (AvgIpc) is 1.77. The number of aryl methyl sites for hydroxylation is 13. The third-order valence-corrected chi connectivity index (χ3v) is 17.1. The van der Waals surface area contributed by atoms with Gasteiger partial charge in [0.15, 0.2) is 47.1 Å². The molecule has 89 heavy (non-hydrogen) atoms. The topological polar surface area (TPSA) is 120 Å². The first-order valence-electron chi connectivity index (χ1n) is 30.0. The minimum Gasteiger partial charge on any atom is -0.454 e. The molecule has 0 amide bonds. The van der Waals surface area contributed by atoms with Gasteiger partial charge in [0.1, 0.15) is 50.5 Å². The lowest BCUT2D eigenvalue weighted by Crippen LogP contribution is -2.30. The molecule has 0 N–H and O–H groups in total. The maximum absolute atomic E-state index is 6.28. The van der Waals surface area contributed by atoms with Gasteiger partial charge in [0.25, 0.3) is 0 Å². The molecule has 438 valence electrons. The van der Waals surface area contributed by atoms with Gasteiger partial charge in [-0.25, -0.2) is 18.3 Å². The molecule has 0 atom stereocenters. The number of hydrogen-bond donors (Lipinski definition) is 0. The monoisotopic (exact) mass is 1170 g/mol. The van der Waals surface area contributed by atoms with Crippen LogP contribution in [0.25, 0.3) is 133 Å². The Morgan fingerprint density at radius 1 is 0.292 bits per heavy atom. The summed E-state index contributed by atoms with van der Waals surface area (Å²) in [5, 5.41) is 9.11. The van der Waals surface area contributed by atoms with Crippen LogP contribution in [0, 0.1) is 62.3 Å². The molecule has 12 aromatic heterocycles. The van der Waals surface area contributed by atoms with Crippen LogP contribution in [0.15, 0.2) is 207 Å². The maximum Gasteiger partial charge on any atom is 0.216 e. The fourth-order valence-electron chi connectivity index (χ4n) is 12.5. The fourth-order valence-corrected chi connectivity index (χ4v) is 12.5. The van der Waals surface area contributed by atoms with Crippen LogP contribution in [-0.4, -0.2) is 19.9 Å². The Balaban J connectivity index is 0.000000109. The van der Waals surface area contributed by atoms with Gasteiger partial charge in [-0.2, -0.15) is 0 Å². The van der Waals surface area contributed by atoms with Crippen molar-refractivity contribution in [3.8, 4) is 45.0 Å². The highest BCUT2D eigenvalue weighted by atomic mass is 16.3. The van der Waals surface area contributed by atoms with Crippen molar-refractivity contribution in [1.82, 2.24) is 19.9 Å². The predicted molar refractivity (Wildman–Crippen MR) is 355 cm³/mol. The quantitative estimate of drug-likeness (QED) is 0.160. The first-order chi connectivity index (χ1) is 43.0. The summed E-state index contributed by atoms with van der Waals surface area (Å²) in [6, 6.07) is 50.4. The van der Waals surface area contributed by atoms with Crippen LogP contribution in [-0.2, 0) is 28.2 Å². The van der Waals surface area contributed by atoms with E-state index in [4.69, 9.17) is 17.7 Å². The van der Waals surface area contributed by atoms with Crippen LogP contribution in [0.1, 0.15) is 50.7 Å². The summed E-state index contributed by atoms with van der Waals surface area (Å²) in [4.78, 5) is 17.6. The van der Waals surface area contributed by atoms with Gasteiger partial charge in [-0.15, -0.1) is 0 Å². The van der Waals surface area contributed by atoms with Crippen molar-refractivity contribution >= 4 is 87.8 Å². The number of benzene rings is 4. The Labute approximate surface area is 516 Å². The van der Waals surface area contributed by atoms with Crippen molar-refractivity contribution in [1.29, 1.82) is 0 Å². The van der Waals surface area contributed by atoms with Crippen molar-refractivity contribution < 1.29 is 35.9 Å². The molecule has 0 aliphatic heterocycles. The van der Waals surface area contributed by atoms with E-state index in [0.29, 0.717) is 0 Å². The third-order valence-electron chi connectivity index (χ3n) is 17.1. The Morgan fingerprint density at radius 3 is 1.00 bits per heavy atom. The van der Waals surface area contributed by atoms with Gasteiger partial charge in [-0.1, -0.05) is 48.5 Å². The number of aromatic nitrogens is 8. The summed E-state index contributed by atoms with van der Waals surface area (Å²) >= 11 is 0. The van der Waals surface area contributed by atoms with Gasteiger partial charge in [0.05, 0.1) is 46.0 Å². The molecule has 0 saturated carbocycles. The lowest BCUT2D eigenvalue weighted by Gasteiger charge is -2.04. The minimum absolute atomic E-state index is 0.839. The van der Waals surface area contributed by atoms with Crippen molar-refractivity contribution in [3.63, 3.8) is 0 Å². The molecule has 0 unspecified atom stereocenters. The number of nitrogens with zero attached hydrogens (tertiary/aromatic N) is 8. The van der Waals surface area contributed by atoms with E-state index >= 15 is 0 Å². The summed E-state index contributed by atoms with van der Waals surface area (Å²) < 4.78 is 33.3. The molecule has 16 aromatic rings. The number of rotatable bonds is 4. The van der Waals surface area contributed by atoms with Crippen LogP contribution in [0.2, 0.25) is 0 Å². The molecule has 0 bridgehead atoms. The van der Waals surface area contributed by atoms with E-state index < -0.39 is 0 Å². The number of pyridine rings is 8. The van der Waals surface area contributed by atoms with Gasteiger partial charge >= 0.3 is 0 Å². The molecule has 4 aromatic carbocycles. The molecule has 0 radical (unpaired) electrons. The second kappa shape index (κ2) is 23.2. The lowest BCUT2D eigenvalue weighted by molar-refractivity contribution is -0.660. The van der Waals surface area contributed by atoms with Crippen molar-refractivity contribution in [3.05, 3.63) is 240 Å². The van der Waals surface area contributed by atoms with E-state index in [-0.39, 0.29) is 0 Å². The van der Waals surface area contributed by atoms with Crippen molar-refractivity contribution in [2.24, 2.45) is 28.2 Å². The van der Waals surface area contributed by atoms with E-state index in [1.54, 1.807) is 0 Å². The lowest BCUT2D eigenvalue weighted by atomic mass is 10.0. The van der Waals surface area contributed by atoms with E-state index in [1.807, 2.05) is 83.5 Å².